The topological polar surface area (TPSA) is 55.8 Å². The van der Waals surface area contributed by atoms with E-state index in [0.29, 0.717) is 41.7 Å². The molecule has 5 nitrogen and oxygen atoms in total. The maximum atomic E-state index is 12.1. The van der Waals surface area contributed by atoms with Gasteiger partial charge in [0, 0.05) is 18.1 Å². The van der Waals surface area contributed by atoms with Crippen molar-refractivity contribution >= 4 is 35.1 Å². The standard InChI is InChI=1S/C15H17Cl2NO4/c1-21-15(20)10-4-6-18(7-5-10)14(19)9-22-13-3-2-11(16)8-12(13)17/h2-3,8,10H,4-7,9H2,1H3. The van der Waals surface area contributed by atoms with Crippen LogP contribution in [-0.2, 0) is 14.3 Å². The number of esters is 1. The molecule has 0 aromatic heterocycles. The van der Waals surface area contributed by atoms with E-state index in [4.69, 9.17) is 32.7 Å². The van der Waals surface area contributed by atoms with Crippen LogP contribution in [0.2, 0.25) is 10.0 Å². The monoisotopic (exact) mass is 345 g/mol. The van der Waals surface area contributed by atoms with E-state index in [2.05, 4.69) is 0 Å². The predicted octanol–water partition coefficient (Wildman–Crippen LogP) is 2.78. The Balaban J connectivity index is 1.82. The molecule has 1 heterocycles. The molecule has 1 aliphatic rings. The number of nitrogens with zero attached hydrogens (tertiary/aromatic N) is 1. The Bertz CT molecular complexity index is 556. The fourth-order valence-corrected chi connectivity index (χ4v) is 2.82. The summed E-state index contributed by atoms with van der Waals surface area (Å²) in [5.74, 6) is -0.0461. The molecule has 1 aromatic carbocycles. The zero-order chi connectivity index (χ0) is 16.1. The molecule has 22 heavy (non-hydrogen) atoms. The summed E-state index contributed by atoms with van der Waals surface area (Å²) in [4.78, 5) is 25.2. The Morgan fingerprint density at radius 2 is 1.95 bits per heavy atom. The number of rotatable bonds is 4. The van der Waals surface area contributed by atoms with Crippen molar-refractivity contribution in [1.82, 2.24) is 4.90 Å². The summed E-state index contributed by atoms with van der Waals surface area (Å²) in [6, 6.07) is 4.83. The minimum atomic E-state index is -0.212. The van der Waals surface area contributed by atoms with Crippen LogP contribution in [0.1, 0.15) is 12.8 Å². The minimum absolute atomic E-state index is 0.0930. The van der Waals surface area contributed by atoms with Gasteiger partial charge in [0.1, 0.15) is 5.75 Å². The summed E-state index contributed by atoms with van der Waals surface area (Å²) in [5.41, 5.74) is 0. The fraction of sp³-hybridized carbons (Fsp3) is 0.467. The van der Waals surface area contributed by atoms with Crippen molar-refractivity contribution in [1.29, 1.82) is 0 Å². The van der Waals surface area contributed by atoms with Gasteiger partial charge < -0.3 is 14.4 Å². The van der Waals surface area contributed by atoms with E-state index in [-0.39, 0.29) is 24.4 Å². The van der Waals surface area contributed by atoms with Gasteiger partial charge in [0.2, 0.25) is 0 Å². The van der Waals surface area contributed by atoms with Gasteiger partial charge in [0.05, 0.1) is 18.1 Å². The average molecular weight is 346 g/mol. The molecule has 0 radical (unpaired) electrons. The van der Waals surface area contributed by atoms with Crippen molar-refractivity contribution in [2.24, 2.45) is 5.92 Å². The van der Waals surface area contributed by atoms with Crippen LogP contribution < -0.4 is 4.74 Å². The third-order valence-corrected chi connectivity index (χ3v) is 4.16. The molecule has 2 rings (SSSR count). The normalized spacial score (nSPS) is 15.5. The van der Waals surface area contributed by atoms with Crippen LogP contribution in [0.5, 0.6) is 5.75 Å². The van der Waals surface area contributed by atoms with Gasteiger partial charge >= 0.3 is 5.97 Å². The van der Waals surface area contributed by atoms with Crippen molar-refractivity contribution in [2.75, 3.05) is 26.8 Å². The Hall–Kier alpha value is -1.46. The van der Waals surface area contributed by atoms with E-state index in [1.165, 1.54) is 7.11 Å². The van der Waals surface area contributed by atoms with Gasteiger partial charge in [-0.3, -0.25) is 9.59 Å². The second kappa shape index (κ2) is 7.70. The molecule has 0 saturated carbocycles. The zero-order valence-electron chi connectivity index (χ0n) is 12.2. The smallest absolute Gasteiger partial charge is 0.308 e. The van der Waals surface area contributed by atoms with Crippen LogP contribution in [0.25, 0.3) is 0 Å². The first-order chi connectivity index (χ1) is 10.5. The first-order valence-electron chi connectivity index (χ1n) is 6.94. The van der Waals surface area contributed by atoms with E-state index in [9.17, 15) is 9.59 Å². The summed E-state index contributed by atoms with van der Waals surface area (Å²) >= 11 is 11.8. The van der Waals surface area contributed by atoms with Crippen molar-refractivity contribution in [3.8, 4) is 5.75 Å². The molecule has 1 aromatic rings. The van der Waals surface area contributed by atoms with Crippen LogP contribution >= 0.6 is 23.2 Å². The summed E-state index contributed by atoms with van der Waals surface area (Å²) in [6.45, 7) is 0.955. The fourth-order valence-electron chi connectivity index (χ4n) is 2.35. The second-order valence-corrected chi connectivity index (χ2v) is 5.89. The van der Waals surface area contributed by atoms with E-state index in [1.54, 1.807) is 23.1 Å². The third-order valence-electron chi connectivity index (χ3n) is 3.63. The second-order valence-electron chi connectivity index (χ2n) is 5.04. The minimum Gasteiger partial charge on any atom is -0.482 e. The number of carbonyl (C=O) groups excluding carboxylic acids is 2. The quantitative estimate of drug-likeness (QED) is 0.787. The summed E-state index contributed by atoms with van der Waals surface area (Å²) in [6.07, 6.45) is 1.22. The zero-order valence-corrected chi connectivity index (χ0v) is 13.7. The average Bonchev–Trinajstić information content (AvgIpc) is 2.53. The molecular weight excluding hydrogens is 329 g/mol. The lowest BCUT2D eigenvalue weighted by atomic mass is 9.97. The molecule has 1 amide bonds. The number of hydrogen-bond donors (Lipinski definition) is 0. The Labute approximate surface area is 139 Å². The number of halogens is 2. The molecule has 0 N–H and O–H groups in total. The number of methoxy groups -OCH3 is 1. The predicted molar refractivity (Wildman–Crippen MR) is 83.3 cm³/mol. The van der Waals surface area contributed by atoms with Crippen molar-refractivity contribution in [3.63, 3.8) is 0 Å². The summed E-state index contributed by atoms with van der Waals surface area (Å²) in [5, 5.41) is 0.873. The van der Waals surface area contributed by atoms with Gasteiger partial charge in [0.15, 0.2) is 6.61 Å². The molecule has 1 saturated heterocycles. The van der Waals surface area contributed by atoms with Gasteiger partial charge in [-0.05, 0) is 31.0 Å². The van der Waals surface area contributed by atoms with Gasteiger partial charge in [-0.2, -0.15) is 0 Å². The van der Waals surface area contributed by atoms with Gasteiger partial charge in [-0.15, -0.1) is 0 Å². The largest absolute Gasteiger partial charge is 0.482 e. The lowest BCUT2D eigenvalue weighted by molar-refractivity contribution is -0.149. The van der Waals surface area contributed by atoms with Crippen LogP contribution in [-0.4, -0.2) is 43.6 Å². The third kappa shape index (κ3) is 4.27. The number of carbonyl (C=O) groups is 2. The molecule has 1 fully saturated rings. The highest BCUT2D eigenvalue weighted by atomic mass is 35.5. The van der Waals surface area contributed by atoms with Gasteiger partial charge in [-0.25, -0.2) is 0 Å². The summed E-state index contributed by atoms with van der Waals surface area (Å²) < 4.78 is 10.1. The number of amides is 1. The van der Waals surface area contributed by atoms with Crippen molar-refractivity contribution in [2.45, 2.75) is 12.8 Å². The lowest BCUT2D eigenvalue weighted by Gasteiger charge is -2.30. The SMILES string of the molecule is COC(=O)C1CCN(C(=O)COc2ccc(Cl)cc2Cl)CC1. The highest BCUT2D eigenvalue weighted by Gasteiger charge is 2.27. The highest BCUT2D eigenvalue weighted by molar-refractivity contribution is 6.35. The molecule has 0 atom stereocenters. The molecule has 0 unspecified atom stereocenters. The Morgan fingerprint density at radius 3 is 2.55 bits per heavy atom. The van der Waals surface area contributed by atoms with E-state index in [1.807, 2.05) is 0 Å². The van der Waals surface area contributed by atoms with E-state index < -0.39 is 0 Å². The first-order valence-corrected chi connectivity index (χ1v) is 7.70. The highest BCUT2D eigenvalue weighted by Crippen LogP contribution is 2.27. The van der Waals surface area contributed by atoms with Crippen LogP contribution in [0.4, 0.5) is 0 Å². The molecule has 7 heteroatoms. The van der Waals surface area contributed by atoms with Crippen molar-refractivity contribution in [3.05, 3.63) is 28.2 Å². The van der Waals surface area contributed by atoms with Crippen molar-refractivity contribution < 1.29 is 19.1 Å². The number of benzene rings is 1. The summed E-state index contributed by atoms with van der Waals surface area (Å²) in [7, 11) is 1.38. The van der Waals surface area contributed by atoms with Gasteiger partial charge in [0.25, 0.3) is 5.91 Å². The maximum absolute atomic E-state index is 12.1. The van der Waals surface area contributed by atoms with Gasteiger partial charge in [-0.1, -0.05) is 23.2 Å². The number of hydrogen-bond acceptors (Lipinski definition) is 4. The molecule has 0 aliphatic carbocycles. The van der Waals surface area contributed by atoms with Crippen LogP contribution in [0.15, 0.2) is 18.2 Å². The first kappa shape index (κ1) is 16.9. The number of piperidine rings is 1. The number of likely N-dealkylation sites (tertiary alicyclic amines) is 1. The maximum Gasteiger partial charge on any atom is 0.308 e. The van der Waals surface area contributed by atoms with E-state index >= 15 is 0 Å². The Morgan fingerprint density at radius 1 is 1.27 bits per heavy atom. The van der Waals surface area contributed by atoms with Crippen LogP contribution in [0.3, 0.4) is 0 Å². The molecule has 1 aliphatic heterocycles. The Kier molecular flexibility index (Phi) is 5.91. The van der Waals surface area contributed by atoms with E-state index in [0.717, 1.165) is 0 Å². The van der Waals surface area contributed by atoms with Crippen LogP contribution in [0, 0.1) is 5.92 Å². The lowest BCUT2D eigenvalue weighted by Crippen LogP contribution is -2.42. The number of ether oxygens (including phenoxy) is 2. The molecule has 0 spiro atoms. The molecule has 120 valence electrons. The molecular formula is C15H17Cl2NO4. The molecule has 0 bridgehead atoms.